The molecule has 33 heavy (non-hydrogen) atoms. The Morgan fingerprint density at radius 3 is 2.27 bits per heavy atom. The van der Waals surface area contributed by atoms with Crippen LogP contribution in [0.25, 0.3) is 0 Å². The largest absolute Gasteiger partial charge is 0.497 e. The Labute approximate surface area is 193 Å². The minimum absolute atomic E-state index is 0.0210. The Kier molecular flexibility index (Phi) is 7.32. The number of pyridine rings is 1. The number of hydrogen-bond acceptors (Lipinski definition) is 5. The van der Waals surface area contributed by atoms with Crippen molar-refractivity contribution in [2.45, 2.75) is 18.9 Å². The zero-order valence-corrected chi connectivity index (χ0v) is 18.6. The standard InChI is InChI=1S/C26H28N4O3/c1-33-22-12-10-21(11-13-22)28-26(32)24(19-7-3-2-4-8-19)30-17-14-20(15-18-30)25(31)29-23-9-5-6-16-27-23/h2-13,16,20,24H,14-15,17-18H2,1H3,(H,28,32)(H,27,29,31). The molecule has 1 saturated heterocycles. The Morgan fingerprint density at radius 1 is 0.939 bits per heavy atom. The molecule has 0 aliphatic carbocycles. The van der Waals surface area contributed by atoms with E-state index in [9.17, 15) is 9.59 Å². The van der Waals surface area contributed by atoms with Crippen molar-refractivity contribution in [2.24, 2.45) is 5.92 Å². The SMILES string of the molecule is COc1ccc(NC(=O)C(c2ccccc2)N2CCC(C(=O)Nc3ccccn3)CC2)cc1. The normalized spacial score (nSPS) is 15.4. The molecule has 2 amide bonds. The number of amides is 2. The quantitative estimate of drug-likeness (QED) is 0.573. The van der Waals surface area contributed by atoms with Crippen LogP contribution in [0.5, 0.6) is 5.75 Å². The fraction of sp³-hybridized carbons (Fsp3) is 0.269. The molecule has 1 fully saturated rings. The molecule has 0 bridgehead atoms. The Hall–Kier alpha value is -3.71. The van der Waals surface area contributed by atoms with Gasteiger partial charge >= 0.3 is 0 Å². The highest BCUT2D eigenvalue weighted by atomic mass is 16.5. The van der Waals surface area contributed by atoms with Gasteiger partial charge in [-0.05, 0) is 67.9 Å². The molecule has 4 rings (SSSR count). The predicted molar refractivity (Wildman–Crippen MR) is 128 cm³/mol. The molecule has 1 atom stereocenters. The highest BCUT2D eigenvalue weighted by Crippen LogP contribution is 2.29. The summed E-state index contributed by atoms with van der Waals surface area (Å²) in [5, 5.41) is 5.93. The second kappa shape index (κ2) is 10.7. The summed E-state index contributed by atoms with van der Waals surface area (Å²) < 4.78 is 5.20. The van der Waals surface area contributed by atoms with Crippen LogP contribution in [0.15, 0.2) is 79.0 Å². The number of ether oxygens (including phenoxy) is 1. The minimum Gasteiger partial charge on any atom is -0.497 e. The van der Waals surface area contributed by atoms with Crippen molar-refractivity contribution < 1.29 is 14.3 Å². The summed E-state index contributed by atoms with van der Waals surface area (Å²) in [5.74, 6) is 1.07. The molecule has 2 N–H and O–H groups in total. The molecule has 1 aromatic heterocycles. The summed E-state index contributed by atoms with van der Waals surface area (Å²) in [7, 11) is 1.61. The molecule has 1 aliphatic heterocycles. The summed E-state index contributed by atoms with van der Waals surface area (Å²) in [4.78, 5) is 32.4. The van der Waals surface area contributed by atoms with E-state index in [4.69, 9.17) is 4.74 Å². The van der Waals surface area contributed by atoms with Crippen LogP contribution < -0.4 is 15.4 Å². The first kappa shape index (κ1) is 22.5. The topological polar surface area (TPSA) is 83.6 Å². The zero-order valence-electron chi connectivity index (χ0n) is 18.6. The van der Waals surface area contributed by atoms with Crippen molar-refractivity contribution in [2.75, 3.05) is 30.8 Å². The van der Waals surface area contributed by atoms with Gasteiger partial charge in [0.25, 0.3) is 0 Å². The number of anilines is 2. The predicted octanol–water partition coefficient (Wildman–Crippen LogP) is 4.12. The van der Waals surface area contributed by atoms with Gasteiger partial charge in [-0.1, -0.05) is 36.4 Å². The monoisotopic (exact) mass is 444 g/mol. The van der Waals surface area contributed by atoms with Crippen molar-refractivity contribution in [3.63, 3.8) is 0 Å². The lowest BCUT2D eigenvalue weighted by molar-refractivity contribution is -0.124. The van der Waals surface area contributed by atoms with E-state index in [1.54, 1.807) is 19.4 Å². The van der Waals surface area contributed by atoms with Crippen molar-refractivity contribution in [1.82, 2.24) is 9.88 Å². The molecule has 0 radical (unpaired) electrons. The van der Waals surface area contributed by atoms with E-state index in [-0.39, 0.29) is 17.7 Å². The highest BCUT2D eigenvalue weighted by Gasteiger charge is 2.33. The zero-order chi connectivity index (χ0) is 23.0. The maximum Gasteiger partial charge on any atom is 0.246 e. The number of nitrogens with zero attached hydrogens (tertiary/aromatic N) is 2. The van der Waals surface area contributed by atoms with E-state index in [1.165, 1.54) is 0 Å². The summed E-state index contributed by atoms with van der Waals surface area (Å²) in [5.41, 5.74) is 1.64. The van der Waals surface area contributed by atoms with E-state index < -0.39 is 6.04 Å². The molecule has 2 aromatic carbocycles. The molecular weight excluding hydrogens is 416 g/mol. The molecule has 3 aromatic rings. The van der Waals surface area contributed by atoms with Crippen LogP contribution in [0.3, 0.4) is 0 Å². The van der Waals surface area contributed by atoms with Crippen LogP contribution in [-0.2, 0) is 9.59 Å². The molecule has 0 saturated carbocycles. The number of aromatic nitrogens is 1. The van der Waals surface area contributed by atoms with Gasteiger partial charge in [-0.15, -0.1) is 0 Å². The second-order valence-corrected chi connectivity index (χ2v) is 8.05. The van der Waals surface area contributed by atoms with Crippen LogP contribution in [0.2, 0.25) is 0 Å². The molecule has 170 valence electrons. The van der Waals surface area contributed by atoms with Crippen molar-refractivity contribution in [3.05, 3.63) is 84.6 Å². The first-order valence-electron chi connectivity index (χ1n) is 11.1. The van der Waals surface area contributed by atoms with E-state index >= 15 is 0 Å². The molecule has 1 unspecified atom stereocenters. The fourth-order valence-electron chi connectivity index (χ4n) is 4.13. The number of carbonyl (C=O) groups is 2. The summed E-state index contributed by atoms with van der Waals surface area (Å²) in [6.07, 6.45) is 3.01. The van der Waals surface area contributed by atoms with Crippen LogP contribution in [-0.4, -0.2) is 41.9 Å². The van der Waals surface area contributed by atoms with E-state index in [0.29, 0.717) is 37.4 Å². The lowest BCUT2D eigenvalue weighted by atomic mass is 9.93. The second-order valence-electron chi connectivity index (χ2n) is 8.05. The molecule has 2 heterocycles. The van der Waals surface area contributed by atoms with Gasteiger partial charge in [0.15, 0.2) is 0 Å². The first-order valence-corrected chi connectivity index (χ1v) is 11.1. The average molecular weight is 445 g/mol. The maximum atomic E-state index is 13.4. The number of piperidine rings is 1. The Balaban J connectivity index is 1.43. The number of rotatable bonds is 7. The van der Waals surface area contributed by atoms with Crippen molar-refractivity contribution in [1.29, 1.82) is 0 Å². The van der Waals surface area contributed by atoms with E-state index in [2.05, 4.69) is 20.5 Å². The van der Waals surface area contributed by atoms with Gasteiger partial charge in [0, 0.05) is 17.8 Å². The smallest absolute Gasteiger partial charge is 0.246 e. The Bertz CT molecular complexity index is 1050. The van der Waals surface area contributed by atoms with Crippen LogP contribution in [0.1, 0.15) is 24.4 Å². The first-order chi connectivity index (χ1) is 16.1. The number of benzene rings is 2. The lowest BCUT2D eigenvalue weighted by Crippen LogP contribution is -2.44. The third kappa shape index (κ3) is 5.75. The number of hydrogen-bond donors (Lipinski definition) is 2. The van der Waals surface area contributed by atoms with Gasteiger partial charge in [-0.25, -0.2) is 4.98 Å². The minimum atomic E-state index is -0.437. The summed E-state index contributed by atoms with van der Waals surface area (Å²) in [6, 6.07) is 22.1. The van der Waals surface area contributed by atoms with Gasteiger partial charge in [-0.3, -0.25) is 14.5 Å². The van der Waals surface area contributed by atoms with E-state index in [1.807, 2.05) is 66.7 Å². The van der Waals surface area contributed by atoms with Crippen LogP contribution in [0.4, 0.5) is 11.5 Å². The Morgan fingerprint density at radius 2 is 1.64 bits per heavy atom. The maximum absolute atomic E-state index is 13.4. The number of carbonyl (C=O) groups excluding carboxylic acids is 2. The molecular formula is C26H28N4O3. The fourth-order valence-corrected chi connectivity index (χ4v) is 4.13. The van der Waals surface area contributed by atoms with Gasteiger partial charge in [0.05, 0.1) is 7.11 Å². The van der Waals surface area contributed by atoms with Gasteiger partial charge in [0.2, 0.25) is 11.8 Å². The highest BCUT2D eigenvalue weighted by molar-refractivity contribution is 5.95. The molecule has 7 heteroatoms. The van der Waals surface area contributed by atoms with Gasteiger partial charge in [-0.2, -0.15) is 0 Å². The molecule has 0 spiro atoms. The van der Waals surface area contributed by atoms with Gasteiger partial charge in [0.1, 0.15) is 17.6 Å². The molecule has 1 aliphatic rings. The van der Waals surface area contributed by atoms with Gasteiger partial charge < -0.3 is 15.4 Å². The van der Waals surface area contributed by atoms with Crippen molar-refractivity contribution >= 4 is 23.3 Å². The number of likely N-dealkylation sites (tertiary alicyclic amines) is 1. The van der Waals surface area contributed by atoms with Crippen LogP contribution in [0, 0.1) is 5.92 Å². The third-order valence-electron chi connectivity index (χ3n) is 5.90. The average Bonchev–Trinajstić information content (AvgIpc) is 2.86. The lowest BCUT2D eigenvalue weighted by Gasteiger charge is -2.36. The van der Waals surface area contributed by atoms with Crippen molar-refractivity contribution in [3.8, 4) is 5.75 Å². The third-order valence-corrected chi connectivity index (χ3v) is 5.90. The summed E-state index contributed by atoms with van der Waals surface area (Å²) >= 11 is 0. The summed E-state index contributed by atoms with van der Waals surface area (Å²) in [6.45, 7) is 1.30. The van der Waals surface area contributed by atoms with Crippen LogP contribution >= 0.6 is 0 Å². The number of nitrogens with one attached hydrogen (secondary N) is 2. The number of methoxy groups -OCH3 is 1. The van der Waals surface area contributed by atoms with E-state index in [0.717, 1.165) is 11.3 Å². The molecule has 7 nitrogen and oxygen atoms in total.